The molecule has 0 spiro atoms. The predicted octanol–water partition coefficient (Wildman–Crippen LogP) is 2.17. The molecule has 1 atom stereocenters. The van der Waals surface area contributed by atoms with Gasteiger partial charge >= 0.3 is 6.03 Å². The number of anilines is 1. The fourth-order valence-electron chi connectivity index (χ4n) is 3.28. The van der Waals surface area contributed by atoms with Crippen LogP contribution in [0.3, 0.4) is 0 Å². The number of hydrogen-bond acceptors (Lipinski definition) is 4. The SMILES string of the molecule is N#Cc1c(N)n[nH]c1CCCNC(=O)N[C@@H]1CCCc2ccccc21. The van der Waals surface area contributed by atoms with Crippen LogP contribution < -0.4 is 16.4 Å². The number of aryl methyl sites for hydroxylation is 2. The summed E-state index contributed by atoms with van der Waals surface area (Å²) in [7, 11) is 0. The third kappa shape index (κ3) is 3.91. The Balaban J connectivity index is 1.46. The van der Waals surface area contributed by atoms with Crippen molar-refractivity contribution >= 4 is 11.8 Å². The highest BCUT2D eigenvalue weighted by Gasteiger charge is 2.21. The molecule has 0 saturated heterocycles. The lowest BCUT2D eigenvalue weighted by Gasteiger charge is -2.26. The van der Waals surface area contributed by atoms with Crippen LogP contribution in [0.5, 0.6) is 0 Å². The molecule has 1 aromatic carbocycles. The van der Waals surface area contributed by atoms with E-state index in [9.17, 15) is 4.79 Å². The Morgan fingerprint density at radius 1 is 1.44 bits per heavy atom. The number of fused-ring (bicyclic) bond motifs is 1. The second kappa shape index (κ2) is 7.71. The minimum absolute atomic E-state index is 0.0718. The molecule has 0 aliphatic heterocycles. The van der Waals surface area contributed by atoms with Gasteiger partial charge in [0.05, 0.1) is 11.7 Å². The third-order valence-corrected chi connectivity index (χ3v) is 4.54. The third-order valence-electron chi connectivity index (χ3n) is 4.54. The summed E-state index contributed by atoms with van der Waals surface area (Å²) in [6.45, 7) is 0.518. The molecule has 3 rings (SSSR count). The standard InChI is InChI=1S/C18H22N6O/c19-11-14-16(23-24-17(14)20)9-4-10-21-18(25)22-15-8-3-6-12-5-1-2-7-13(12)15/h1-2,5,7,15H,3-4,6,8-10H2,(H3,20,23,24)(H2,21,22,25)/t15-/m1/s1. The number of nitrogens with zero attached hydrogens (tertiary/aromatic N) is 2. The van der Waals surface area contributed by atoms with Crippen LogP contribution in [0.15, 0.2) is 24.3 Å². The molecule has 130 valence electrons. The van der Waals surface area contributed by atoms with Crippen LogP contribution in [0.2, 0.25) is 0 Å². The number of nitrogens with two attached hydrogens (primary N) is 1. The van der Waals surface area contributed by atoms with Crippen molar-refractivity contribution in [3.8, 4) is 6.07 Å². The molecule has 1 aromatic heterocycles. The molecule has 5 N–H and O–H groups in total. The number of amides is 2. The summed E-state index contributed by atoms with van der Waals surface area (Å²) in [5.41, 5.74) is 9.24. The number of carbonyl (C=O) groups excluding carboxylic acids is 1. The maximum atomic E-state index is 12.1. The summed E-state index contributed by atoms with van der Waals surface area (Å²) in [6, 6.07) is 10.2. The second-order valence-corrected chi connectivity index (χ2v) is 6.22. The van der Waals surface area contributed by atoms with Crippen molar-refractivity contribution in [1.82, 2.24) is 20.8 Å². The molecule has 7 heteroatoms. The van der Waals surface area contributed by atoms with Gasteiger partial charge in [-0.3, -0.25) is 5.10 Å². The molecule has 1 aliphatic rings. The molecule has 0 radical (unpaired) electrons. The van der Waals surface area contributed by atoms with Crippen molar-refractivity contribution in [2.24, 2.45) is 0 Å². The second-order valence-electron chi connectivity index (χ2n) is 6.22. The van der Waals surface area contributed by atoms with Crippen molar-refractivity contribution in [1.29, 1.82) is 5.26 Å². The summed E-state index contributed by atoms with van der Waals surface area (Å²) < 4.78 is 0. The molecular formula is C18H22N6O. The van der Waals surface area contributed by atoms with Gasteiger partial charge in [0.1, 0.15) is 11.6 Å². The number of nitriles is 1. The average Bonchev–Trinajstić information content (AvgIpc) is 2.99. The van der Waals surface area contributed by atoms with Crippen LogP contribution in [0.1, 0.15) is 47.7 Å². The largest absolute Gasteiger partial charge is 0.381 e. The maximum absolute atomic E-state index is 12.1. The van der Waals surface area contributed by atoms with Gasteiger partial charge in [-0.15, -0.1) is 0 Å². The van der Waals surface area contributed by atoms with Crippen molar-refractivity contribution in [2.75, 3.05) is 12.3 Å². The number of carbonyl (C=O) groups is 1. The van der Waals surface area contributed by atoms with Crippen LogP contribution in [0.25, 0.3) is 0 Å². The van der Waals surface area contributed by atoms with Crippen molar-refractivity contribution in [2.45, 2.75) is 38.1 Å². The van der Waals surface area contributed by atoms with Crippen LogP contribution in [0.4, 0.5) is 10.6 Å². The quantitative estimate of drug-likeness (QED) is 0.624. The Labute approximate surface area is 146 Å². The van der Waals surface area contributed by atoms with Gasteiger partial charge in [0.15, 0.2) is 5.82 Å². The van der Waals surface area contributed by atoms with E-state index in [1.807, 2.05) is 18.2 Å². The van der Waals surface area contributed by atoms with Crippen LogP contribution in [-0.2, 0) is 12.8 Å². The molecular weight excluding hydrogens is 316 g/mol. The first-order valence-electron chi connectivity index (χ1n) is 8.54. The van der Waals surface area contributed by atoms with E-state index in [0.717, 1.165) is 19.3 Å². The number of aromatic amines is 1. The van der Waals surface area contributed by atoms with E-state index in [1.54, 1.807) is 0 Å². The number of urea groups is 1. The number of nitrogen functional groups attached to an aromatic ring is 1. The predicted molar refractivity (Wildman–Crippen MR) is 94.7 cm³/mol. The molecule has 1 heterocycles. The number of nitrogens with one attached hydrogen (secondary N) is 3. The van der Waals surface area contributed by atoms with Gasteiger partial charge in [0.25, 0.3) is 0 Å². The Kier molecular flexibility index (Phi) is 5.19. The van der Waals surface area contributed by atoms with Gasteiger partial charge in [-0.25, -0.2) is 4.79 Å². The minimum atomic E-state index is -0.161. The van der Waals surface area contributed by atoms with Gasteiger partial charge in [0.2, 0.25) is 0 Å². The van der Waals surface area contributed by atoms with Gasteiger partial charge in [-0.2, -0.15) is 10.4 Å². The first-order chi connectivity index (χ1) is 12.2. The van der Waals surface area contributed by atoms with E-state index in [2.05, 4.69) is 33.0 Å². The molecule has 0 saturated carbocycles. The smallest absolute Gasteiger partial charge is 0.315 e. The summed E-state index contributed by atoms with van der Waals surface area (Å²) in [5, 5.41) is 21.6. The van der Waals surface area contributed by atoms with E-state index in [1.165, 1.54) is 11.1 Å². The number of hydrogen-bond donors (Lipinski definition) is 4. The summed E-state index contributed by atoms with van der Waals surface area (Å²) in [4.78, 5) is 12.1. The lowest BCUT2D eigenvalue weighted by Crippen LogP contribution is -2.39. The summed E-state index contributed by atoms with van der Waals surface area (Å²) in [5.74, 6) is 0.221. The average molecular weight is 338 g/mol. The number of H-pyrrole nitrogens is 1. The Morgan fingerprint density at radius 2 is 2.28 bits per heavy atom. The van der Waals surface area contributed by atoms with Crippen LogP contribution >= 0.6 is 0 Å². The molecule has 25 heavy (non-hydrogen) atoms. The lowest BCUT2D eigenvalue weighted by molar-refractivity contribution is 0.235. The molecule has 1 aliphatic carbocycles. The Morgan fingerprint density at radius 3 is 3.12 bits per heavy atom. The first kappa shape index (κ1) is 16.8. The fraction of sp³-hybridized carbons (Fsp3) is 0.389. The monoisotopic (exact) mass is 338 g/mol. The number of aromatic nitrogens is 2. The zero-order valence-corrected chi connectivity index (χ0v) is 14.0. The zero-order chi connectivity index (χ0) is 17.6. The first-order valence-corrected chi connectivity index (χ1v) is 8.54. The summed E-state index contributed by atoms with van der Waals surface area (Å²) in [6.07, 6.45) is 4.43. The molecule has 0 unspecified atom stereocenters. The molecule has 2 aromatic rings. The highest BCUT2D eigenvalue weighted by Crippen LogP contribution is 2.29. The molecule has 0 fully saturated rings. The summed E-state index contributed by atoms with van der Waals surface area (Å²) >= 11 is 0. The maximum Gasteiger partial charge on any atom is 0.315 e. The van der Waals surface area contributed by atoms with Gasteiger partial charge in [-0.1, -0.05) is 24.3 Å². The molecule has 2 amide bonds. The van der Waals surface area contributed by atoms with E-state index in [4.69, 9.17) is 11.0 Å². The highest BCUT2D eigenvalue weighted by atomic mass is 16.2. The highest BCUT2D eigenvalue weighted by molar-refractivity contribution is 5.74. The normalized spacial score (nSPS) is 15.9. The fourth-order valence-corrected chi connectivity index (χ4v) is 3.28. The zero-order valence-electron chi connectivity index (χ0n) is 14.0. The van der Waals surface area contributed by atoms with Gasteiger partial charge < -0.3 is 16.4 Å². The number of rotatable bonds is 5. The van der Waals surface area contributed by atoms with E-state index in [0.29, 0.717) is 30.6 Å². The van der Waals surface area contributed by atoms with Crippen molar-refractivity contribution in [3.63, 3.8) is 0 Å². The minimum Gasteiger partial charge on any atom is -0.381 e. The van der Waals surface area contributed by atoms with E-state index in [-0.39, 0.29) is 17.9 Å². The molecule has 0 bridgehead atoms. The molecule has 7 nitrogen and oxygen atoms in total. The van der Waals surface area contributed by atoms with Crippen LogP contribution in [-0.4, -0.2) is 22.8 Å². The van der Waals surface area contributed by atoms with E-state index < -0.39 is 0 Å². The van der Waals surface area contributed by atoms with Gasteiger partial charge in [0, 0.05) is 6.54 Å². The topological polar surface area (TPSA) is 120 Å². The van der Waals surface area contributed by atoms with Gasteiger partial charge in [-0.05, 0) is 43.2 Å². The Bertz CT molecular complexity index is 791. The Hall–Kier alpha value is -3.01. The number of benzene rings is 1. The lowest BCUT2D eigenvalue weighted by atomic mass is 9.88. The van der Waals surface area contributed by atoms with E-state index >= 15 is 0 Å². The van der Waals surface area contributed by atoms with Crippen LogP contribution in [0, 0.1) is 11.3 Å². The van der Waals surface area contributed by atoms with Crippen molar-refractivity contribution < 1.29 is 4.79 Å². The van der Waals surface area contributed by atoms with Crippen molar-refractivity contribution in [3.05, 3.63) is 46.6 Å².